The summed E-state index contributed by atoms with van der Waals surface area (Å²) < 4.78 is 0. The third kappa shape index (κ3) is 1.45. The molecular weight excluding hydrogens is 182 g/mol. The molecule has 2 aliphatic carbocycles. The Morgan fingerprint density at radius 2 is 1.87 bits per heavy atom. The van der Waals surface area contributed by atoms with Crippen LogP contribution in [-0.2, 0) is 0 Å². The number of fused-ring (bicyclic) bond motifs is 2. The van der Waals surface area contributed by atoms with Crippen LogP contribution in [0.1, 0.15) is 42.7 Å². The number of rotatable bonds is 1. The molecule has 0 aromatic heterocycles. The number of hydrogen-bond donors (Lipinski definition) is 0. The van der Waals surface area contributed by atoms with Gasteiger partial charge in [-0.2, -0.15) is 5.26 Å². The number of nitriles is 1. The maximum absolute atomic E-state index is 8.75. The fourth-order valence-corrected chi connectivity index (χ4v) is 3.46. The third-order valence-corrected chi connectivity index (χ3v) is 4.21. The highest BCUT2D eigenvalue weighted by atomic mass is 14.4. The van der Waals surface area contributed by atoms with E-state index in [1.54, 1.807) is 0 Å². The maximum Gasteiger partial charge on any atom is 0.0991 e. The lowest BCUT2D eigenvalue weighted by Crippen LogP contribution is -2.08. The fourth-order valence-electron chi connectivity index (χ4n) is 3.46. The molecule has 1 aromatic rings. The molecule has 0 heterocycles. The topological polar surface area (TPSA) is 23.8 Å². The zero-order chi connectivity index (χ0) is 10.3. The molecule has 76 valence electrons. The Bertz CT molecular complexity index is 398. The van der Waals surface area contributed by atoms with E-state index in [0.717, 1.165) is 23.3 Å². The fraction of sp³-hybridized carbons (Fsp3) is 0.500. The predicted octanol–water partition coefficient (Wildman–Crippen LogP) is 3.46. The van der Waals surface area contributed by atoms with Gasteiger partial charge in [0.2, 0.25) is 0 Å². The van der Waals surface area contributed by atoms with E-state index in [0.29, 0.717) is 0 Å². The van der Waals surface area contributed by atoms with Gasteiger partial charge in [-0.15, -0.1) is 0 Å². The van der Waals surface area contributed by atoms with Crippen molar-refractivity contribution in [1.82, 2.24) is 0 Å². The molecule has 15 heavy (non-hydrogen) atoms. The van der Waals surface area contributed by atoms with Crippen molar-refractivity contribution in [3.63, 3.8) is 0 Å². The second kappa shape index (κ2) is 3.38. The molecule has 0 aliphatic heterocycles. The van der Waals surface area contributed by atoms with E-state index in [1.807, 2.05) is 12.1 Å². The summed E-state index contributed by atoms with van der Waals surface area (Å²) in [5.41, 5.74) is 2.24. The van der Waals surface area contributed by atoms with E-state index in [9.17, 15) is 0 Å². The highest BCUT2D eigenvalue weighted by Gasteiger charge is 2.39. The highest BCUT2D eigenvalue weighted by Crippen LogP contribution is 2.52. The Hall–Kier alpha value is -1.29. The lowest BCUT2D eigenvalue weighted by Gasteiger charge is -2.21. The molecule has 0 N–H and O–H groups in total. The molecule has 0 spiro atoms. The zero-order valence-corrected chi connectivity index (χ0v) is 8.82. The van der Waals surface area contributed by atoms with Crippen LogP contribution in [-0.4, -0.2) is 0 Å². The molecule has 3 rings (SSSR count). The second-order valence-electron chi connectivity index (χ2n) is 5.02. The zero-order valence-electron chi connectivity index (χ0n) is 8.82. The molecule has 1 aromatic carbocycles. The van der Waals surface area contributed by atoms with Crippen LogP contribution >= 0.6 is 0 Å². The summed E-state index contributed by atoms with van der Waals surface area (Å²) in [7, 11) is 0. The Kier molecular flexibility index (Phi) is 2.02. The van der Waals surface area contributed by atoms with Gasteiger partial charge in [0, 0.05) is 0 Å². The third-order valence-electron chi connectivity index (χ3n) is 4.21. The van der Waals surface area contributed by atoms with Crippen LogP contribution in [0.5, 0.6) is 0 Å². The van der Waals surface area contributed by atoms with Crippen molar-refractivity contribution >= 4 is 0 Å². The van der Waals surface area contributed by atoms with Gasteiger partial charge in [0.25, 0.3) is 0 Å². The van der Waals surface area contributed by atoms with Crippen LogP contribution in [0.4, 0.5) is 0 Å². The minimum absolute atomic E-state index is 0.780. The van der Waals surface area contributed by atoms with Crippen molar-refractivity contribution in [2.24, 2.45) is 11.8 Å². The van der Waals surface area contributed by atoms with Crippen molar-refractivity contribution in [3.05, 3.63) is 35.4 Å². The van der Waals surface area contributed by atoms with Gasteiger partial charge in [-0.3, -0.25) is 0 Å². The van der Waals surface area contributed by atoms with Crippen molar-refractivity contribution in [3.8, 4) is 6.07 Å². The van der Waals surface area contributed by atoms with Crippen LogP contribution in [0.3, 0.4) is 0 Å². The van der Waals surface area contributed by atoms with E-state index in [-0.39, 0.29) is 0 Å². The molecule has 0 unspecified atom stereocenters. The van der Waals surface area contributed by atoms with E-state index >= 15 is 0 Å². The van der Waals surface area contributed by atoms with Gasteiger partial charge in [-0.05, 0) is 54.7 Å². The normalized spacial score (nSPS) is 32.9. The van der Waals surface area contributed by atoms with Crippen molar-refractivity contribution in [1.29, 1.82) is 5.26 Å². The van der Waals surface area contributed by atoms with Gasteiger partial charge in [0.15, 0.2) is 0 Å². The molecular formula is C14H15N. The molecule has 2 bridgehead atoms. The summed E-state index contributed by atoms with van der Waals surface area (Å²) >= 11 is 0. The smallest absolute Gasteiger partial charge is 0.0991 e. The van der Waals surface area contributed by atoms with E-state index < -0.39 is 0 Å². The molecule has 0 saturated heterocycles. The lowest BCUT2D eigenvalue weighted by molar-refractivity contribution is 0.420. The van der Waals surface area contributed by atoms with Gasteiger partial charge in [0.05, 0.1) is 11.6 Å². The monoisotopic (exact) mass is 197 g/mol. The molecule has 2 saturated carbocycles. The highest BCUT2D eigenvalue weighted by molar-refractivity contribution is 5.34. The average Bonchev–Trinajstić information content (AvgIpc) is 2.91. The number of hydrogen-bond acceptors (Lipinski definition) is 1. The van der Waals surface area contributed by atoms with Crippen molar-refractivity contribution in [2.45, 2.75) is 31.6 Å². The van der Waals surface area contributed by atoms with Gasteiger partial charge in [-0.25, -0.2) is 0 Å². The SMILES string of the molecule is N#Cc1ccc([C@@H]2C[C@H]3CC[C@H]2C3)cc1. The minimum atomic E-state index is 0.780. The summed E-state index contributed by atoms with van der Waals surface area (Å²) in [5, 5.41) is 8.75. The van der Waals surface area contributed by atoms with Gasteiger partial charge in [0.1, 0.15) is 0 Å². The van der Waals surface area contributed by atoms with Crippen LogP contribution in [0.25, 0.3) is 0 Å². The summed E-state index contributed by atoms with van der Waals surface area (Å²) in [6, 6.07) is 10.4. The Labute approximate surface area is 90.7 Å². The molecule has 0 radical (unpaired) electrons. The van der Waals surface area contributed by atoms with Crippen LogP contribution < -0.4 is 0 Å². The van der Waals surface area contributed by atoms with E-state index in [4.69, 9.17) is 5.26 Å². The molecule has 3 atom stereocenters. The average molecular weight is 197 g/mol. The molecule has 0 amide bonds. The molecule has 1 nitrogen and oxygen atoms in total. The van der Waals surface area contributed by atoms with Crippen molar-refractivity contribution in [2.75, 3.05) is 0 Å². The Morgan fingerprint density at radius 3 is 2.40 bits per heavy atom. The summed E-state index contributed by atoms with van der Waals surface area (Å²) in [4.78, 5) is 0. The molecule has 1 heteroatoms. The summed E-state index contributed by atoms with van der Waals surface area (Å²) in [6.07, 6.45) is 5.72. The predicted molar refractivity (Wildman–Crippen MR) is 59.3 cm³/mol. The van der Waals surface area contributed by atoms with Crippen LogP contribution in [0.2, 0.25) is 0 Å². The van der Waals surface area contributed by atoms with Crippen molar-refractivity contribution < 1.29 is 0 Å². The van der Waals surface area contributed by atoms with Gasteiger partial charge in [-0.1, -0.05) is 18.6 Å². The molecule has 2 aliphatic rings. The first-order valence-corrected chi connectivity index (χ1v) is 5.87. The largest absolute Gasteiger partial charge is 0.192 e. The summed E-state index contributed by atoms with van der Waals surface area (Å²) in [6.45, 7) is 0. The lowest BCUT2D eigenvalue weighted by atomic mass is 9.83. The first-order valence-electron chi connectivity index (χ1n) is 5.87. The maximum atomic E-state index is 8.75. The Morgan fingerprint density at radius 1 is 1.07 bits per heavy atom. The quantitative estimate of drug-likeness (QED) is 0.676. The number of nitrogens with zero attached hydrogens (tertiary/aromatic N) is 1. The minimum Gasteiger partial charge on any atom is -0.192 e. The van der Waals surface area contributed by atoms with Gasteiger partial charge >= 0.3 is 0 Å². The second-order valence-corrected chi connectivity index (χ2v) is 5.02. The van der Waals surface area contributed by atoms with Crippen LogP contribution in [0.15, 0.2) is 24.3 Å². The first kappa shape index (κ1) is 8.97. The van der Waals surface area contributed by atoms with Crippen LogP contribution in [0, 0.1) is 23.2 Å². The van der Waals surface area contributed by atoms with E-state index in [1.165, 1.54) is 31.2 Å². The van der Waals surface area contributed by atoms with Gasteiger partial charge < -0.3 is 0 Å². The standard InChI is InChI=1S/C14H15N/c15-9-10-1-4-12(5-2-10)14-8-11-3-6-13(14)7-11/h1-2,4-5,11,13-14H,3,6-8H2/t11-,13-,14-/m0/s1. The number of benzene rings is 1. The molecule has 2 fully saturated rings. The summed E-state index contributed by atoms with van der Waals surface area (Å²) in [5.74, 6) is 2.72. The Balaban J connectivity index is 1.85. The first-order chi connectivity index (χ1) is 7.36. The van der Waals surface area contributed by atoms with E-state index in [2.05, 4.69) is 18.2 Å².